The highest BCUT2D eigenvalue weighted by molar-refractivity contribution is 5.67. The molecular weight excluding hydrogens is 249 g/mol. The monoisotopic (exact) mass is 263 g/mol. The highest BCUT2D eigenvalue weighted by atomic mass is 19.1. The lowest BCUT2D eigenvalue weighted by molar-refractivity contribution is 0.182. The summed E-state index contributed by atoms with van der Waals surface area (Å²) >= 11 is 0. The van der Waals surface area contributed by atoms with Gasteiger partial charge >= 0.3 is 6.09 Å². The lowest BCUT2D eigenvalue weighted by atomic mass is 9.91. The molecule has 5 heteroatoms. The molecule has 0 saturated carbocycles. The minimum atomic E-state index is -1.13. The van der Waals surface area contributed by atoms with Crippen LogP contribution in [-0.4, -0.2) is 11.2 Å². The fourth-order valence-electron chi connectivity index (χ4n) is 1.89. The molecule has 1 amide bonds. The third-order valence-electron chi connectivity index (χ3n) is 2.94. The first-order valence-electron chi connectivity index (χ1n) is 5.74. The van der Waals surface area contributed by atoms with E-state index >= 15 is 0 Å². The zero-order valence-electron chi connectivity index (χ0n) is 10.6. The van der Waals surface area contributed by atoms with Gasteiger partial charge in [0, 0.05) is 11.1 Å². The van der Waals surface area contributed by atoms with Crippen LogP contribution < -0.4 is 5.32 Å². The molecule has 0 aliphatic heterocycles. The number of halogens is 1. The van der Waals surface area contributed by atoms with Crippen molar-refractivity contribution in [1.82, 2.24) is 5.32 Å². The Bertz CT molecular complexity index is 591. The molecule has 0 aliphatic carbocycles. The smallest absolute Gasteiger partial charge is 0.405 e. The van der Waals surface area contributed by atoms with E-state index < -0.39 is 11.6 Å². The summed E-state index contributed by atoms with van der Waals surface area (Å²) < 4.78 is 18.7. The maximum atomic E-state index is 13.8. The van der Waals surface area contributed by atoms with Crippen LogP contribution in [0.2, 0.25) is 0 Å². The average molecular weight is 263 g/mol. The third kappa shape index (κ3) is 2.76. The second-order valence-electron chi connectivity index (χ2n) is 4.76. The number of carbonyl (C=O) groups is 1. The van der Waals surface area contributed by atoms with E-state index in [9.17, 15) is 9.18 Å². The first kappa shape index (κ1) is 13.1. The topological polar surface area (TPSA) is 62.5 Å². The van der Waals surface area contributed by atoms with Gasteiger partial charge in [-0.05, 0) is 37.6 Å². The van der Waals surface area contributed by atoms with Crippen LogP contribution in [0.1, 0.15) is 19.4 Å². The van der Waals surface area contributed by atoms with E-state index in [4.69, 9.17) is 9.52 Å². The van der Waals surface area contributed by atoms with Crippen LogP contribution in [-0.2, 0) is 5.54 Å². The van der Waals surface area contributed by atoms with E-state index in [0.29, 0.717) is 16.7 Å². The summed E-state index contributed by atoms with van der Waals surface area (Å²) in [4.78, 5) is 10.8. The molecule has 0 fully saturated rings. The number of nitrogens with one attached hydrogen (secondary N) is 1. The lowest BCUT2D eigenvalue weighted by Crippen LogP contribution is -2.40. The summed E-state index contributed by atoms with van der Waals surface area (Å²) in [5.41, 5.74) is 0.863. The molecule has 1 aromatic carbocycles. The van der Waals surface area contributed by atoms with Gasteiger partial charge in [0.15, 0.2) is 0 Å². The fraction of sp³-hybridized carbons (Fsp3) is 0.214. The minimum Gasteiger partial charge on any atom is -0.472 e. The van der Waals surface area contributed by atoms with Gasteiger partial charge in [0.25, 0.3) is 0 Å². The molecule has 1 heterocycles. The number of amides is 1. The van der Waals surface area contributed by atoms with Crippen molar-refractivity contribution in [3.63, 3.8) is 0 Å². The summed E-state index contributed by atoms with van der Waals surface area (Å²) in [5.74, 6) is -0.378. The van der Waals surface area contributed by atoms with E-state index in [-0.39, 0.29) is 5.82 Å². The van der Waals surface area contributed by atoms with E-state index in [1.54, 1.807) is 32.0 Å². The Labute approximate surface area is 109 Å². The summed E-state index contributed by atoms with van der Waals surface area (Å²) in [6.45, 7) is 3.43. The molecule has 2 aromatic rings. The molecule has 4 nitrogen and oxygen atoms in total. The van der Waals surface area contributed by atoms with Gasteiger partial charge in [-0.15, -0.1) is 0 Å². The molecule has 2 rings (SSSR count). The standard InChI is InChI=1S/C14H14FNO3/c1-14(2,16-13(17)18)10-3-4-12(15)11(7-10)9-5-6-19-8-9/h3-8,16H,1-2H3,(H,17,18). The van der Waals surface area contributed by atoms with Gasteiger partial charge in [0.2, 0.25) is 0 Å². The first-order valence-corrected chi connectivity index (χ1v) is 5.74. The minimum absolute atomic E-state index is 0.378. The van der Waals surface area contributed by atoms with Gasteiger partial charge in [-0.3, -0.25) is 0 Å². The number of carboxylic acid groups (broad SMARTS) is 1. The zero-order chi connectivity index (χ0) is 14.0. The molecule has 19 heavy (non-hydrogen) atoms. The summed E-state index contributed by atoms with van der Waals surface area (Å²) in [6, 6.07) is 6.16. The molecule has 0 unspecified atom stereocenters. The van der Waals surface area contributed by atoms with Crippen LogP contribution in [0.15, 0.2) is 41.2 Å². The van der Waals surface area contributed by atoms with Crippen molar-refractivity contribution in [1.29, 1.82) is 0 Å². The van der Waals surface area contributed by atoms with Crippen molar-refractivity contribution < 1.29 is 18.7 Å². The molecule has 0 spiro atoms. The lowest BCUT2D eigenvalue weighted by Gasteiger charge is -2.25. The Balaban J connectivity index is 2.44. The van der Waals surface area contributed by atoms with Crippen molar-refractivity contribution in [2.45, 2.75) is 19.4 Å². The number of hydrogen-bond donors (Lipinski definition) is 2. The molecule has 2 N–H and O–H groups in total. The van der Waals surface area contributed by atoms with Crippen molar-refractivity contribution >= 4 is 6.09 Å². The Morgan fingerprint density at radius 2 is 2.11 bits per heavy atom. The second-order valence-corrected chi connectivity index (χ2v) is 4.76. The van der Waals surface area contributed by atoms with Crippen molar-refractivity contribution in [3.8, 4) is 11.1 Å². The van der Waals surface area contributed by atoms with E-state index in [2.05, 4.69) is 5.32 Å². The van der Waals surface area contributed by atoms with Crippen molar-refractivity contribution in [2.75, 3.05) is 0 Å². The molecular formula is C14H14FNO3. The maximum absolute atomic E-state index is 13.8. The highest BCUT2D eigenvalue weighted by Crippen LogP contribution is 2.29. The number of hydrogen-bond acceptors (Lipinski definition) is 2. The quantitative estimate of drug-likeness (QED) is 0.889. The van der Waals surface area contributed by atoms with Gasteiger partial charge in [0.05, 0.1) is 18.1 Å². The van der Waals surface area contributed by atoms with Gasteiger partial charge in [-0.1, -0.05) is 6.07 Å². The highest BCUT2D eigenvalue weighted by Gasteiger charge is 2.24. The molecule has 0 radical (unpaired) electrons. The van der Waals surface area contributed by atoms with Crippen molar-refractivity contribution in [3.05, 3.63) is 48.2 Å². The summed E-state index contributed by atoms with van der Waals surface area (Å²) in [7, 11) is 0. The number of furan rings is 1. The third-order valence-corrected chi connectivity index (χ3v) is 2.94. The predicted molar refractivity (Wildman–Crippen MR) is 68.3 cm³/mol. The van der Waals surface area contributed by atoms with Crippen LogP contribution in [0.3, 0.4) is 0 Å². The van der Waals surface area contributed by atoms with Gasteiger partial charge in [-0.25, -0.2) is 9.18 Å². The molecule has 0 bridgehead atoms. The maximum Gasteiger partial charge on any atom is 0.405 e. The SMILES string of the molecule is CC(C)(NC(=O)O)c1ccc(F)c(-c2ccoc2)c1. The number of benzene rings is 1. The normalized spacial score (nSPS) is 11.3. The van der Waals surface area contributed by atoms with Crippen LogP contribution >= 0.6 is 0 Å². The van der Waals surface area contributed by atoms with Crippen molar-refractivity contribution in [2.24, 2.45) is 0 Å². The van der Waals surface area contributed by atoms with Crippen LogP contribution in [0.25, 0.3) is 11.1 Å². The molecule has 0 saturated heterocycles. The Kier molecular flexibility index (Phi) is 3.29. The zero-order valence-corrected chi connectivity index (χ0v) is 10.6. The number of rotatable bonds is 3. The molecule has 0 atom stereocenters. The summed E-state index contributed by atoms with van der Waals surface area (Å²) in [6.07, 6.45) is 1.78. The van der Waals surface area contributed by atoms with Gasteiger partial charge in [-0.2, -0.15) is 0 Å². The molecule has 100 valence electrons. The fourth-order valence-corrected chi connectivity index (χ4v) is 1.89. The van der Waals surface area contributed by atoms with E-state index in [0.717, 1.165) is 0 Å². The molecule has 0 aliphatic rings. The predicted octanol–water partition coefficient (Wildman–Crippen LogP) is 3.59. The largest absolute Gasteiger partial charge is 0.472 e. The first-order chi connectivity index (χ1) is 8.90. The van der Waals surface area contributed by atoms with Gasteiger partial charge < -0.3 is 14.8 Å². The molecule has 1 aromatic heterocycles. The van der Waals surface area contributed by atoms with E-state index in [1.165, 1.54) is 18.6 Å². The van der Waals surface area contributed by atoms with Gasteiger partial charge in [0.1, 0.15) is 5.82 Å². The Morgan fingerprint density at radius 1 is 1.37 bits per heavy atom. The Hall–Kier alpha value is -2.30. The Morgan fingerprint density at radius 3 is 2.68 bits per heavy atom. The summed E-state index contributed by atoms with van der Waals surface area (Å²) in [5, 5.41) is 11.2. The average Bonchev–Trinajstić information content (AvgIpc) is 2.80. The van der Waals surface area contributed by atoms with E-state index in [1.807, 2.05) is 0 Å². The van der Waals surface area contributed by atoms with Crippen LogP contribution in [0.4, 0.5) is 9.18 Å². The van der Waals surface area contributed by atoms with Crippen LogP contribution in [0, 0.1) is 5.82 Å². The second kappa shape index (κ2) is 4.76. The van der Waals surface area contributed by atoms with Crippen LogP contribution in [0.5, 0.6) is 0 Å².